The molecular weight excluding hydrogens is 292 g/mol. The summed E-state index contributed by atoms with van der Waals surface area (Å²) in [5.41, 5.74) is 2.24. The molecule has 2 heteroatoms. The van der Waals surface area contributed by atoms with E-state index in [1.807, 2.05) is 42.5 Å². The van der Waals surface area contributed by atoms with Crippen LogP contribution in [0, 0.1) is 11.3 Å². The Hall–Kier alpha value is -1.60. The highest BCUT2D eigenvalue weighted by atomic mass is 35.5. The smallest absolute Gasteiger partial charge is 0.166 e. The molecule has 0 heterocycles. The van der Waals surface area contributed by atoms with Crippen molar-refractivity contribution < 1.29 is 4.79 Å². The van der Waals surface area contributed by atoms with E-state index in [9.17, 15) is 4.79 Å². The number of carbonyl (C=O) groups excluding carboxylic acids is 1. The van der Waals surface area contributed by atoms with Crippen molar-refractivity contribution in [2.75, 3.05) is 0 Å². The van der Waals surface area contributed by atoms with Crippen LogP contribution in [0.3, 0.4) is 0 Å². The fraction of sp³-hybridized carbons (Fsp3) is 0.350. The average Bonchev–Trinajstić information content (AvgIpc) is 2.84. The van der Waals surface area contributed by atoms with E-state index in [0.717, 1.165) is 23.4 Å². The lowest BCUT2D eigenvalue weighted by molar-refractivity contribution is 0.0905. The second-order valence-corrected chi connectivity index (χ2v) is 7.50. The van der Waals surface area contributed by atoms with Crippen molar-refractivity contribution in [1.29, 1.82) is 0 Å². The Morgan fingerprint density at radius 2 is 1.64 bits per heavy atom. The Bertz CT molecular complexity index is 658. The van der Waals surface area contributed by atoms with Gasteiger partial charge in [-0.3, -0.25) is 4.79 Å². The van der Waals surface area contributed by atoms with Crippen molar-refractivity contribution >= 4 is 17.4 Å². The van der Waals surface area contributed by atoms with Crippen molar-refractivity contribution in [3.8, 4) is 0 Å². The van der Waals surface area contributed by atoms with Crippen LogP contribution in [0.2, 0.25) is 5.02 Å². The van der Waals surface area contributed by atoms with Crippen molar-refractivity contribution in [3.63, 3.8) is 0 Å². The molecule has 1 nitrogen and oxygen atoms in total. The molecule has 0 N–H and O–H groups in total. The SMILES string of the molecule is CC1(C)C[C@H](C(=O)c2ccccc2)[C@@H](c2ccc(Cl)cc2)C1. The average molecular weight is 313 g/mol. The van der Waals surface area contributed by atoms with Gasteiger partial charge in [0.15, 0.2) is 5.78 Å². The topological polar surface area (TPSA) is 17.1 Å². The predicted molar refractivity (Wildman–Crippen MR) is 91.5 cm³/mol. The summed E-state index contributed by atoms with van der Waals surface area (Å²) in [6.45, 7) is 4.52. The molecule has 3 rings (SSSR count). The summed E-state index contributed by atoms with van der Waals surface area (Å²) in [4.78, 5) is 13.0. The standard InChI is InChI=1S/C20H21ClO/c1-20(2)12-17(14-8-10-16(21)11-9-14)18(13-20)19(22)15-6-4-3-5-7-15/h3-11,17-18H,12-13H2,1-2H3/t17-,18+/m1/s1. The Labute approximate surface area is 137 Å². The maximum atomic E-state index is 13.0. The largest absolute Gasteiger partial charge is 0.294 e. The van der Waals surface area contributed by atoms with Crippen LogP contribution < -0.4 is 0 Å². The van der Waals surface area contributed by atoms with Gasteiger partial charge >= 0.3 is 0 Å². The molecule has 0 amide bonds. The summed E-state index contributed by atoms with van der Waals surface area (Å²) < 4.78 is 0. The van der Waals surface area contributed by atoms with Gasteiger partial charge in [0.05, 0.1) is 0 Å². The van der Waals surface area contributed by atoms with Gasteiger partial charge < -0.3 is 0 Å². The van der Waals surface area contributed by atoms with Crippen LogP contribution in [-0.4, -0.2) is 5.78 Å². The number of benzene rings is 2. The Kier molecular flexibility index (Phi) is 4.10. The third-order valence-corrected chi connectivity index (χ3v) is 4.98. The molecule has 0 radical (unpaired) electrons. The second-order valence-electron chi connectivity index (χ2n) is 7.07. The number of Topliss-reactive ketones (excluding diaryl/α,β-unsaturated/α-hetero) is 1. The number of ketones is 1. The number of carbonyl (C=O) groups is 1. The fourth-order valence-electron chi connectivity index (χ4n) is 3.71. The number of hydrogen-bond donors (Lipinski definition) is 0. The first kappa shape index (κ1) is 15.3. The lowest BCUT2D eigenvalue weighted by Gasteiger charge is -2.19. The zero-order chi connectivity index (χ0) is 15.7. The molecule has 2 atom stereocenters. The maximum Gasteiger partial charge on any atom is 0.166 e. The van der Waals surface area contributed by atoms with Gasteiger partial charge in [0, 0.05) is 16.5 Å². The highest BCUT2D eigenvalue weighted by Crippen LogP contribution is 2.51. The highest BCUT2D eigenvalue weighted by Gasteiger charge is 2.43. The molecule has 0 aliphatic heterocycles. The zero-order valence-electron chi connectivity index (χ0n) is 13.1. The Morgan fingerprint density at radius 3 is 2.27 bits per heavy atom. The summed E-state index contributed by atoms with van der Waals surface area (Å²) in [6.07, 6.45) is 1.98. The molecule has 2 aromatic rings. The first-order chi connectivity index (χ1) is 10.5. The third-order valence-electron chi connectivity index (χ3n) is 4.72. The quantitative estimate of drug-likeness (QED) is 0.660. The first-order valence-corrected chi connectivity index (χ1v) is 8.19. The molecule has 0 bridgehead atoms. The molecule has 0 aromatic heterocycles. The van der Waals surface area contributed by atoms with Crippen LogP contribution in [0.1, 0.15) is 48.5 Å². The van der Waals surface area contributed by atoms with Gasteiger partial charge in [0.1, 0.15) is 0 Å². The van der Waals surface area contributed by atoms with Crippen molar-refractivity contribution in [2.45, 2.75) is 32.6 Å². The number of halogens is 1. The van der Waals surface area contributed by atoms with Crippen molar-refractivity contribution in [3.05, 3.63) is 70.7 Å². The van der Waals surface area contributed by atoms with Crippen molar-refractivity contribution in [2.24, 2.45) is 11.3 Å². The zero-order valence-corrected chi connectivity index (χ0v) is 13.8. The molecule has 114 valence electrons. The minimum absolute atomic E-state index is 0.0542. The molecule has 22 heavy (non-hydrogen) atoms. The lowest BCUT2D eigenvalue weighted by atomic mass is 9.84. The van der Waals surface area contributed by atoms with Crippen LogP contribution in [-0.2, 0) is 0 Å². The second kappa shape index (κ2) is 5.89. The molecule has 1 fully saturated rings. The van der Waals surface area contributed by atoms with E-state index < -0.39 is 0 Å². The van der Waals surface area contributed by atoms with Gasteiger partial charge in [0.25, 0.3) is 0 Å². The van der Waals surface area contributed by atoms with Crippen LogP contribution in [0.15, 0.2) is 54.6 Å². The molecular formula is C20H21ClO. The van der Waals surface area contributed by atoms with Gasteiger partial charge in [-0.2, -0.15) is 0 Å². The molecule has 0 unspecified atom stereocenters. The molecule has 0 saturated heterocycles. The van der Waals surface area contributed by atoms with Gasteiger partial charge in [-0.15, -0.1) is 0 Å². The minimum Gasteiger partial charge on any atom is -0.294 e. The van der Waals surface area contributed by atoms with E-state index in [4.69, 9.17) is 11.6 Å². The number of hydrogen-bond acceptors (Lipinski definition) is 1. The molecule has 1 aliphatic rings. The molecule has 2 aromatic carbocycles. The first-order valence-electron chi connectivity index (χ1n) is 7.81. The summed E-state index contributed by atoms with van der Waals surface area (Å²) >= 11 is 6.00. The monoisotopic (exact) mass is 312 g/mol. The summed E-state index contributed by atoms with van der Waals surface area (Å²) in [5.74, 6) is 0.602. The fourth-order valence-corrected chi connectivity index (χ4v) is 3.84. The third kappa shape index (κ3) is 3.10. The van der Waals surface area contributed by atoms with Crippen LogP contribution in [0.4, 0.5) is 0 Å². The van der Waals surface area contributed by atoms with E-state index in [2.05, 4.69) is 26.0 Å². The molecule has 1 aliphatic carbocycles. The predicted octanol–water partition coefficient (Wildman–Crippen LogP) is 5.74. The van der Waals surface area contributed by atoms with Gasteiger partial charge in [-0.25, -0.2) is 0 Å². The lowest BCUT2D eigenvalue weighted by Crippen LogP contribution is -2.18. The molecule has 1 saturated carbocycles. The Morgan fingerprint density at radius 1 is 1.00 bits per heavy atom. The van der Waals surface area contributed by atoms with E-state index in [1.54, 1.807) is 0 Å². The normalized spacial score (nSPS) is 23.4. The van der Waals surface area contributed by atoms with Gasteiger partial charge in [-0.1, -0.05) is 67.9 Å². The van der Waals surface area contributed by atoms with Crippen LogP contribution in [0.25, 0.3) is 0 Å². The van der Waals surface area contributed by atoms with Crippen molar-refractivity contribution in [1.82, 2.24) is 0 Å². The van der Waals surface area contributed by atoms with E-state index in [-0.39, 0.29) is 23.0 Å². The van der Waals surface area contributed by atoms with E-state index >= 15 is 0 Å². The molecule has 0 spiro atoms. The van der Waals surface area contributed by atoms with Crippen LogP contribution in [0.5, 0.6) is 0 Å². The van der Waals surface area contributed by atoms with E-state index in [0.29, 0.717) is 0 Å². The minimum atomic E-state index is 0.0542. The number of rotatable bonds is 3. The Balaban J connectivity index is 1.93. The van der Waals surface area contributed by atoms with Gasteiger partial charge in [-0.05, 0) is 41.9 Å². The summed E-state index contributed by atoms with van der Waals surface area (Å²) in [5, 5.41) is 0.743. The highest BCUT2D eigenvalue weighted by molar-refractivity contribution is 6.30. The maximum absolute atomic E-state index is 13.0. The van der Waals surface area contributed by atoms with E-state index in [1.165, 1.54) is 5.56 Å². The van der Waals surface area contributed by atoms with Gasteiger partial charge in [0.2, 0.25) is 0 Å². The summed E-state index contributed by atoms with van der Waals surface area (Å²) in [7, 11) is 0. The summed E-state index contributed by atoms with van der Waals surface area (Å²) in [6, 6.07) is 17.7. The van der Waals surface area contributed by atoms with Crippen LogP contribution >= 0.6 is 11.6 Å².